The third-order valence-electron chi connectivity index (χ3n) is 2.63. The maximum atomic E-state index is 11.2. The molecule has 0 unspecified atom stereocenters. The second-order valence-corrected chi connectivity index (χ2v) is 3.88. The lowest BCUT2D eigenvalue weighted by Gasteiger charge is -2.38. The van der Waals surface area contributed by atoms with E-state index in [1.54, 1.807) is 18.7 Å². The van der Waals surface area contributed by atoms with Crippen molar-refractivity contribution in [2.45, 2.75) is 19.8 Å². The highest BCUT2D eigenvalue weighted by molar-refractivity contribution is 5.74. The molecule has 0 spiro atoms. The zero-order valence-corrected chi connectivity index (χ0v) is 8.78. The Balaban J connectivity index is 2.13. The summed E-state index contributed by atoms with van der Waals surface area (Å²) in [5.41, 5.74) is 0.660. The van der Waals surface area contributed by atoms with Crippen LogP contribution >= 0.6 is 0 Å². The van der Waals surface area contributed by atoms with Gasteiger partial charge in [-0.05, 0) is 6.92 Å². The van der Waals surface area contributed by atoms with Crippen molar-refractivity contribution in [2.24, 2.45) is 0 Å². The number of likely N-dealkylation sites (tertiary alicyclic amines) is 1. The summed E-state index contributed by atoms with van der Waals surface area (Å²) >= 11 is 0. The maximum absolute atomic E-state index is 11.2. The van der Waals surface area contributed by atoms with Crippen molar-refractivity contribution < 1.29 is 4.79 Å². The van der Waals surface area contributed by atoms with Gasteiger partial charge in [-0.1, -0.05) is 0 Å². The molecule has 1 saturated heterocycles. The number of H-pyrrole nitrogens is 1. The molecule has 1 N–H and O–H groups in total. The first-order valence-corrected chi connectivity index (χ1v) is 4.89. The first kappa shape index (κ1) is 9.89. The molecule has 5 heteroatoms. The minimum atomic E-state index is -0.126. The molecular weight excluding hydrogens is 194 g/mol. The van der Waals surface area contributed by atoms with Crippen LogP contribution in [0, 0.1) is 6.92 Å². The highest BCUT2D eigenvalue weighted by atomic mass is 16.2. The fourth-order valence-corrected chi connectivity index (χ4v) is 1.73. The number of hydrogen-bond acceptors (Lipinski definition) is 3. The number of nitrogens with zero attached hydrogens (tertiary/aromatic N) is 2. The van der Waals surface area contributed by atoms with Crippen molar-refractivity contribution in [3.63, 3.8) is 0 Å². The summed E-state index contributed by atoms with van der Waals surface area (Å²) < 4.78 is 0. The summed E-state index contributed by atoms with van der Waals surface area (Å²) in [5, 5.41) is 0. The quantitative estimate of drug-likeness (QED) is 0.706. The number of aromatic amines is 1. The highest BCUT2D eigenvalue weighted by Crippen LogP contribution is 2.24. The van der Waals surface area contributed by atoms with E-state index in [9.17, 15) is 9.59 Å². The van der Waals surface area contributed by atoms with Gasteiger partial charge in [0, 0.05) is 32.0 Å². The van der Waals surface area contributed by atoms with Crippen LogP contribution in [0.3, 0.4) is 0 Å². The Kier molecular flexibility index (Phi) is 2.30. The van der Waals surface area contributed by atoms with E-state index in [1.807, 2.05) is 0 Å². The van der Waals surface area contributed by atoms with Gasteiger partial charge in [-0.25, -0.2) is 4.98 Å². The molecule has 0 atom stereocenters. The van der Waals surface area contributed by atoms with Gasteiger partial charge in [0.05, 0.1) is 5.69 Å². The summed E-state index contributed by atoms with van der Waals surface area (Å²) in [7, 11) is 0. The van der Waals surface area contributed by atoms with Gasteiger partial charge >= 0.3 is 0 Å². The van der Waals surface area contributed by atoms with Crippen LogP contribution in [0.2, 0.25) is 0 Å². The molecule has 5 nitrogen and oxygen atoms in total. The van der Waals surface area contributed by atoms with E-state index in [2.05, 4.69) is 9.97 Å². The van der Waals surface area contributed by atoms with Crippen LogP contribution in [0.5, 0.6) is 0 Å². The fraction of sp³-hybridized carbons (Fsp3) is 0.500. The molecule has 2 rings (SSSR count). The van der Waals surface area contributed by atoms with Crippen LogP contribution < -0.4 is 5.56 Å². The maximum Gasteiger partial charge on any atom is 0.251 e. The van der Waals surface area contributed by atoms with E-state index >= 15 is 0 Å². The van der Waals surface area contributed by atoms with Crippen LogP contribution in [-0.4, -0.2) is 33.9 Å². The molecule has 1 aliphatic rings. The van der Waals surface area contributed by atoms with E-state index in [0.717, 1.165) is 5.69 Å². The lowest BCUT2D eigenvalue weighted by molar-refractivity contribution is -0.133. The Labute approximate surface area is 87.1 Å². The van der Waals surface area contributed by atoms with Crippen LogP contribution in [0.25, 0.3) is 0 Å². The summed E-state index contributed by atoms with van der Waals surface area (Å²) in [6.45, 7) is 4.65. The zero-order chi connectivity index (χ0) is 11.0. The number of hydrogen-bond donors (Lipinski definition) is 1. The van der Waals surface area contributed by atoms with Gasteiger partial charge in [-0.15, -0.1) is 0 Å². The third-order valence-corrected chi connectivity index (χ3v) is 2.63. The molecule has 1 amide bonds. The number of amides is 1. The first-order valence-electron chi connectivity index (χ1n) is 4.89. The standard InChI is InChI=1S/C10H13N3O2/c1-6-11-9(3-10(15)12-6)8-4-13(5-8)7(2)14/h3,8H,4-5H2,1-2H3,(H,11,12,15). The molecule has 1 fully saturated rings. The Bertz CT molecular complexity index is 446. The lowest BCUT2D eigenvalue weighted by atomic mass is 9.96. The van der Waals surface area contributed by atoms with Crippen molar-refractivity contribution in [1.29, 1.82) is 0 Å². The number of nitrogens with one attached hydrogen (secondary N) is 1. The average Bonchev–Trinajstić information content (AvgIpc) is 1.97. The van der Waals surface area contributed by atoms with Crippen LogP contribution in [-0.2, 0) is 4.79 Å². The average molecular weight is 207 g/mol. The van der Waals surface area contributed by atoms with Gasteiger partial charge in [-0.3, -0.25) is 9.59 Å². The van der Waals surface area contributed by atoms with Gasteiger partial charge < -0.3 is 9.88 Å². The van der Waals surface area contributed by atoms with E-state index in [-0.39, 0.29) is 17.4 Å². The predicted octanol–water partition coefficient (Wildman–Crippen LogP) is 0.0240. The molecule has 15 heavy (non-hydrogen) atoms. The number of aryl methyl sites for hydroxylation is 1. The van der Waals surface area contributed by atoms with Crippen molar-refractivity contribution in [3.8, 4) is 0 Å². The molecule has 2 heterocycles. The number of aromatic nitrogens is 2. The fourth-order valence-electron chi connectivity index (χ4n) is 1.73. The molecule has 1 aromatic rings. The van der Waals surface area contributed by atoms with Crippen molar-refractivity contribution in [3.05, 3.63) is 27.9 Å². The van der Waals surface area contributed by atoms with Gasteiger partial charge in [0.15, 0.2) is 0 Å². The summed E-state index contributed by atoms with van der Waals surface area (Å²) in [5.74, 6) is 0.918. The van der Waals surface area contributed by atoms with Gasteiger partial charge in [0.2, 0.25) is 5.91 Å². The first-order chi connectivity index (χ1) is 7.06. The molecular formula is C10H13N3O2. The minimum Gasteiger partial charge on any atom is -0.341 e. The van der Waals surface area contributed by atoms with Crippen LogP contribution in [0.1, 0.15) is 24.4 Å². The highest BCUT2D eigenvalue weighted by Gasteiger charge is 2.30. The third kappa shape index (κ3) is 1.91. The Hall–Kier alpha value is -1.65. The molecule has 0 saturated carbocycles. The molecule has 0 aromatic carbocycles. The van der Waals surface area contributed by atoms with Crippen LogP contribution in [0.15, 0.2) is 10.9 Å². The van der Waals surface area contributed by atoms with Crippen molar-refractivity contribution >= 4 is 5.91 Å². The Morgan fingerprint density at radius 3 is 2.80 bits per heavy atom. The van der Waals surface area contributed by atoms with E-state index in [1.165, 1.54) is 6.07 Å². The van der Waals surface area contributed by atoms with E-state index < -0.39 is 0 Å². The molecule has 0 aliphatic carbocycles. The molecule has 0 bridgehead atoms. The SMILES string of the molecule is CC(=O)N1CC(c2cc(=O)[nH]c(C)n2)C1. The lowest BCUT2D eigenvalue weighted by Crippen LogP contribution is -2.48. The van der Waals surface area contributed by atoms with Gasteiger partial charge in [-0.2, -0.15) is 0 Å². The van der Waals surface area contributed by atoms with E-state index in [4.69, 9.17) is 0 Å². The monoisotopic (exact) mass is 207 g/mol. The minimum absolute atomic E-state index is 0.0767. The van der Waals surface area contributed by atoms with E-state index in [0.29, 0.717) is 18.9 Å². The molecule has 0 radical (unpaired) electrons. The van der Waals surface area contributed by atoms with Crippen molar-refractivity contribution in [2.75, 3.05) is 13.1 Å². The van der Waals surface area contributed by atoms with Crippen molar-refractivity contribution in [1.82, 2.24) is 14.9 Å². The summed E-state index contributed by atoms with van der Waals surface area (Å²) in [4.78, 5) is 30.8. The number of rotatable bonds is 1. The smallest absolute Gasteiger partial charge is 0.251 e. The predicted molar refractivity (Wildman–Crippen MR) is 54.6 cm³/mol. The number of carbonyl (C=O) groups is 1. The zero-order valence-electron chi connectivity index (χ0n) is 8.78. The Morgan fingerprint density at radius 2 is 2.27 bits per heavy atom. The van der Waals surface area contributed by atoms with Crippen LogP contribution in [0.4, 0.5) is 0 Å². The molecule has 80 valence electrons. The van der Waals surface area contributed by atoms with Gasteiger partial charge in [0.1, 0.15) is 5.82 Å². The normalized spacial score (nSPS) is 16.3. The number of carbonyl (C=O) groups excluding carboxylic acids is 1. The second kappa shape index (κ2) is 3.49. The second-order valence-electron chi connectivity index (χ2n) is 3.88. The van der Waals surface area contributed by atoms with Gasteiger partial charge in [0.25, 0.3) is 5.56 Å². The topological polar surface area (TPSA) is 66.1 Å². The molecule has 1 aliphatic heterocycles. The molecule has 1 aromatic heterocycles. The Morgan fingerprint density at radius 1 is 1.60 bits per heavy atom. The summed E-state index contributed by atoms with van der Waals surface area (Å²) in [6.07, 6.45) is 0. The largest absolute Gasteiger partial charge is 0.341 e. The summed E-state index contributed by atoms with van der Waals surface area (Å²) in [6, 6.07) is 1.51.